The third-order valence-corrected chi connectivity index (χ3v) is 5.66. The first-order valence-corrected chi connectivity index (χ1v) is 10.8. The van der Waals surface area contributed by atoms with Crippen LogP contribution in [0, 0.1) is 0 Å². The number of nitrogens with one attached hydrogen (secondary N) is 2. The predicted octanol–water partition coefficient (Wildman–Crippen LogP) is 4.67. The number of amides is 1. The molecule has 0 aliphatic carbocycles. The fourth-order valence-corrected chi connectivity index (χ4v) is 3.85. The van der Waals surface area contributed by atoms with Crippen LogP contribution >= 0.6 is 23.1 Å². The standard InChI is InChI=1S/C20H22N4O2S2/c1-2-12-21-19-23-24-20(28-19)27-14-18(25)22-16-8-10-17(11-9-16)26-13-15-6-4-3-5-7-15/h3-11H,2,12-14H2,1H3,(H,21,23)(H,22,25). The van der Waals surface area contributed by atoms with Gasteiger partial charge in [-0.05, 0) is 36.2 Å². The second-order valence-corrected chi connectivity index (χ2v) is 8.14. The summed E-state index contributed by atoms with van der Waals surface area (Å²) in [6, 6.07) is 17.4. The Morgan fingerprint density at radius 1 is 1.11 bits per heavy atom. The molecule has 0 atom stereocenters. The van der Waals surface area contributed by atoms with E-state index in [1.54, 1.807) is 0 Å². The SMILES string of the molecule is CCCNc1nnc(SCC(=O)Nc2ccc(OCc3ccccc3)cc2)s1. The lowest BCUT2D eigenvalue weighted by molar-refractivity contribution is -0.113. The molecule has 0 spiro atoms. The van der Waals surface area contributed by atoms with Gasteiger partial charge in [-0.1, -0.05) is 60.4 Å². The quantitative estimate of drug-likeness (QED) is 0.470. The highest BCUT2D eigenvalue weighted by Gasteiger charge is 2.08. The molecular weight excluding hydrogens is 392 g/mol. The largest absolute Gasteiger partial charge is 0.489 e. The fraction of sp³-hybridized carbons (Fsp3) is 0.250. The van der Waals surface area contributed by atoms with Gasteiger partial charge in [-0.15, -0.1) is 10.2 Å². The Morgan fingerprint density at radius 2 is 1.89 bits per heavy atom. The maximum Gasteiger partial charge on any atom is 0.234 e. The van der Waals surface area contributed by atoms with E-state index in [1.807, 2.05) is 54.6 Å². The minimum Gasteiger partial charge on any atom is -0.489 e. The maximum absolute atomic E-state index is 12.1. The van der Waals surface area contributed by atoms with Gasteiger partial charge in [0.25, 0.3) is 0 Å². The van der Waals surface area contributed by atoms with E-state index >= 15 is 0 Å². The molecule has 0 aliphatic heterocycles. The van der Waals surface area contributed by atoms with Crippen LogP contribution < -0.4 is 15.4 Å². The van der Waals surface area contributed by atoms with Crippen molar-refractivity contribution >= 4 is 39.8 Å². The molecule has 0 saturated heterocycles. The van der Waals surface area contributed by atoms with Crippen molar-refractivity contribution < 1.29 is 9.53 Å². The van der Waals surface area contributed by atoms with Gasteiger partial charge >= 0.3 is 0 Å². The number of benzene rings is 2. The molecule has 3 rings (SSSR count). The Labute approximate surface area is 172 Å². The van der Waals surface area contributed by atoms with Gasteiger partial charge in [0.2, 0.25) is 11.0 Å². The van der Waals surface area contributed by atoms with Crippen LogP contribution in [0.5, 0.6) is 5.75 Å². The first kappa shape index (κ1) is 20.2. The number of anilines is 2. The highest BCUT2D eigenvalue weighted by molar-refractivity contribution is 8.01. The highest BCUT2D eigenvalue weighted by atomic mass is 32.2. The van der Waals surface area contributed by atoms with E-state index < -0.39 is 0 Å². The van der Waals surface area contributed by atoms with Crippen molar-refractivity contribution in [2.24, 2.45) is 0 Å². The molecule has 0 aliphatic rings. The molecule has 146 valence electrons. The average Bonchev–Trinajstić information content (AvgIpc) is 3.19. The zero-order valence-corrected chi connectivity index (χ0v) is 17.2. The second-order valence-electron chi connectivity index (χ2n) is 5.94. The lowest BCUT2D eigenvalue weighted by Crippen LogP contribution is -2.13. The molecule has 1 aromatic heterocycles. The number of nitrogens with zero attached hydrogens (tertiary/aromatic N) is 2. The van der Waals surface area contributed by atoms with Crippen molar-refractivity contribution in [3.8, 4) is 5.75 Å². The number of rotatable bonds is 10. The third kappa shape index (κ3) is 6.54. The number of hydrogen-bond donors (Lipinski definition) is 2. The van der Waals surface area contributed by atoms with E-state index in [1.165, 1.54) is 23.1 Å². The van der Waals surface area contributed by atoms with Crippen LogP contribution in [0.3, 0.4) is 0 Å². The number of carbonyl (C=O) groups is 1. The van der Waals surface area contributed by atoms with E-state index in [4.69, 9.17) is 4.74 Å². The van der Waals surface area contributed by atoms with Crippen LogP contribution in [0.2, 0.25) is 0 Å². The molecule has 0 saturated carbocycles. The van der Waals surface area contributed by atoms with E-state index in [-0.39, 0.29) is 11.7 Å². The van der Waals surface area contributed by atoms with Gasteiger partial charge in [0.05, 0.1) is 5.75 Å². The first-order chi connectivity index (χ1) is 13.7. The summed E-state index contributed by atoms with van der Waals surface area (Å²) in [5.74, 6) is 0.965. The monoisotopic (exact) mass is 414 g/mol. The van der Waals surface area contributed by atoms with E-state index in [0.717, 1.165) is 39.4 Å². The van der Waals surface area contributed by atoms with Crippen LogP contribution in [0.1, 0.15) is 18.9 Å². The molecular formula is C20H22N4O2S2. The topological polar surface area (TPSA) is 76.1 Å². The number of thioether (sulfide) groups is 1. The van der Waals surface area contributed by atoms with Crippen molar-refractivity contribution in [1.82, 2.24) is 10.2 Å². The summed E-state index contributed by atoms with van der Waals surface area (Å²) in [4.78, 5) is 12.1. The summed E-state index contributed by atoms with van der Waals surface area (Å²) >= 11 is 2.84. The lowest BCUT2D eigenvalue weighted by Gasteiger charge is -2.08. The Morgan fingerprint density at radius 3 is 2.64 bits per heavy atom. The molecule has 0 fully saturated rings. The number of carbonyl (C=O) groups excluding carboxylic acids is 1. The van der Waals surface area contributed by atoms with Gasteiger partial charge in [0.15, 0.2) is 4.34 Å². The van der Waals surface area contributed by atoms with Gasteiger partial charge in [0, 0.05) is 12.2 Å². The Balaban J connectivity index is 1.42. The molecule has 0 bridgehead atoms. The summed E-state index contributed by atoms with van der Waals surface area (Å²) < 4.78 is 6.53. The molecule has 6 nitrogen and oxygen atoms in total. The predicted molar refractivity (Wildman–Crippen MR) is 115 cm³/mol. The molecule has 1 heterocycles. The number of ether oxygens (including phenoxy) is 1. The minimum atomic E-state index is -0.0822. The summed E-state index contributed by atoms with van der Waals surface area (Å²) in [5.41, 5.74) is 1.85. The van der Waals surface area contributed by atoms with Crippen molar-refractivity contribution in [3.05, 3.63) is 60.2 Å². The smallest absolute Gasteiger partial charge is 0.234 e. The maximum atomic E-state index is 12.1. The van der Waals surface area contributed by atoms with Gasteiger partial charge in [-0.25, -0.2) is 0 Å². The van der Waals surface area contributed by atoms with Crippen molar-refractivity contribution in [3.63, 3.8) is 0 Å². The van der Waals surface area contributed by atoms with Gasteiger partial charge in [-0.2, -0.15) is 0 Å². The molecule has 2 N–H and O–H groups in total. The Hall–Kier alpha value is -2.58. The van der Waals surface area contributed by atoms with Crippen molar-refractivity contribution in [2.45, 2.75) is 24.3 Å². The summed E-state index contributed by atoms with van der Waals surface area (Å²) in [6.07, 6.45) is 1.03. The zero-order chi connectivity index (χ0) is 19.6. The summed E-state index contributed by atoms with van der Waals surface area (Å²) in [7, 11) is 0. The average molecular weight is 415 g/mol. The third-order valence-electron chi connectivity index (χ3n) is 3.65. The Kier molecular flexibility index (Phi) is 7.69. The minimum absolute atomic E-state index is 0.0822. The lowest BCUT2D eigenvalue weighted by atomic mass is 10.2. The molecule has 2 aromatic carbocycles. The molecule has 3 aromatic rings. The van der Waals surface area contributed by atoms with E-state index in [0.29, 0.717) is 6.61 Å². The van der Waals surface area contributed by atoms with Crippen LogP contribution in [0.25, 0.3) is 0 Å². The molecule has 0 unspecified atom stereocenters. The van der Waals surface area contributed by atoms with E-state index in [9.17, 15) is 4.79 Å². The normalized spacial score (nSPS) is 10.5. The molecule has 0 radical (unpaired) electrons. The highest BCUT2D eigenvalue weighted by Crippen LogP contribution is 2.25. The molecule has 28 heavy (non-hydrogen) atoms. The van der Waals surface area contributed by atoms with Crippen LogP contribution in [-0.4, -0.2) is 28.4 Å². The van der Waals surface area contributed by atoms with Gasteiger partial charge in [0.1, 0.15) is 12.4 Å². The van der Waals surface area contributed by atoms with Crippen molar-refractivity contribution in [2.75, 3.05) is 22.9 Å². The fourth-order valence-electron chi connectivity index (χ4n) is 2.27. The summed E-state index contributed by atoms with van der Waals surface area (Å²) in [5, 5.41) is 15.0. The van der Waals surface area contributed by atoms with Crippen LogP contribution in [0.4, 0.5) is 10.8 Å². The first-order valence-electron chi connectivity index (χ1n) is 9.00. The molecule has 1 amide bonds. The van der Waals surface area contributed by atoms with Gasteiger partial charge in [-0.3, -0.25) is 4.79 Å². The number of hydrogen-bond acceptors (Lipinski definition) is 7. The summed E-state index contributed by atoms with van der Waals surface area (Å²) in [6.45, 7) is 3.47. The van der Waals surface area contributed by atoms with E-state index in [2.05, 4.69) is 27.8 Å². The van der Waals surface area contributed by atoms with Crippen molar-refractivity contribution in [1.29, 1.82) is 0 Å². The number of aromatic nitrogens is 2. The van der Waals surface area contributed by atoms with Gasteiger partial charge < -0.3 is 15.4 Å². The van der Waals surface area contributed by atoms with Crippen LogP contribution in [-0.2, 0) is 11.4 Å². The Bertz CT molecular complexity index is 869. The van der Waals surface area contributed by atoms with Crippen LogP contribution in [0.15, 0.2) is 58.9 Å². The zero-order valence-electron chi connectivity index (χ0n) is 15.6. The second kappa shape index (κ2) is 10.7. The molecule has 8 heteroatoms.